The predicted octanol–water partition coefficient (Wildman–Crippen LogP) is 2.04. The SMILES string of the molecule is CC(=O)NCC=Cc1ccc(CC#N)c(F)c1. The minimum atomic E-state index is -0.381. The van der Waals surface area contributed by atoms with E-state index in [1.807, 2.05) is 6.07 Å². The van der Waals surface area contributed by atoms with Gasteiger partial charge < -0.3 is 5.32 Å². The molecule has 0 saturated heterocycles. The number of hydrogen-bond acceptors (Lipinski definition) is 2. The topological polar surface area (TPSA) is 52.9 Å². The van der Waals surface area contributed by atoms with Gasteiger partial charge in [0.05, 0.1) is 12.5 Å². The molecule has 0 aliphatic carbocycles. The lowest BCUT2D eigenvalue weighted by Crippen LogP contribution is -2.19. The molecule has 1 rings (SSSR count). The molecule has 0 saturated carbocycles. The molecule has 0 aromatic heterocycles. The molecule has 88 valence electrons. The van der Waals surface area contributed by atoms with Crippen molar-refractivity contribution >= 4 is 12.0 Å². The highest BCUT2D eigenvalue weighted by Crippen LogP contribution is 2.12. The molecule has 1 aromatic rings. The van der Waals surface area contributed by atoms with Crippen molar-refractivity contribution in [3.63, 3.8) is 0 Å². The molecule has 1 amide bonds. The number of carbonyl (C=O) groups excluding carboxylic acids is 1. The Morgan fingerprint density at radius 2 is 2.35 bits per heavy atom. The van der Waals surface area contributed by atoms with E-state index in [-0.39, 0.29) is 18.1 Å². The number of halogens is 1. The molecule has 0 unspecified atom stereocenters. The maximum atomic E-state index is 13.4. The second-order valence-electron chi connectivity index (χ2n) is 3.53. The summed E-state index contributed by atoms with van der Waals surface area (Å²) >= 11 is 0. The van der Waals surface area contributed by atoms with Gasteiger partial charge in [-0.3, -0.25) is 4.79 Å². The normalized spacial score (nSPS) is 10.2. The second-order valence-corrected chi connectivity index (χ2v) is 3.53. The molecule has 3 nitrogen and oxygen atoms in total. The van der Waals surface area contributed by atoms with Gasteiger partial charge in [0.25, 0.3) is 0 Å². The van der Waals surface area contributed by atoms with Crippen LogP contribution in [0.1, 0.15) is 18.1 Å². The minimum absolute atomic E-state index is 0.0712. The molecule has 0 bridgehead atoms. The number of nitrogens with one attached hydrogen (secondary N) is 1. The summed E-state index contributed by atoms with van der Waals surface area (Å²) in [5.74, 6) is -0.488. The van der Waals surface area contributed by atoms with Crippen molar-refractivity contribution in [2.45, 2.75) is 13.3 Å². The predicted molar refractivity (Wildman–Crippen MR) is 63.4 cm³/mol. The number of nitrogens with zero attached hydrogens (tertiary/aromatic N) is 1. The number of amides is 1. The van der Waals surface area contributed by atoms with Gasteiger partial charge in [0.1, 0.15) is 5.82 Å². The van der Waals surface area contributed by atoms with Crippen LogP contribution in [0.25, 0.3) is 6.08 Å². The molecule has 4 heteroatoms. The van der Waals surface area contributed by atoms with Gasteiger partial charge in [-0.1, -0.05) is 24.3 Å². The first-order valence-electron chi connectivity index (χ1n) is 5.20. The van der Waals surface area contributed by atoms with Crippen molar-refractivity contribution in [3.8, 4) is 6.07 Å². The highest BCUT2D eigenvalue weighted by molar-refractivity contribution is 5.73. The Balaban J connectivity index is 2.64. The van der Waals surface area contributed by atoms with E-state index in [0.717, 1.165) is 0 Å². The van der Waals surface area contributed by atoms with Crippen molar-refractivity contribution in [1.82, 2.24) is 5.32 Å². The number of hydrogen-bond donors (Lipinski definition) is 1. The Morgan fingerprint density at radius 1 is 1.59 bits per heavy atom. The third-order valence-corrected chi connectivity index (χ3v) is 2.13. The number of benzene rings is 1. The van der Waals surface area contributed by atoms with E-state index in [1.54, 1.807) is 24.3 Å². The summed E-state index contributed by atoms with van der Waals surface area (Å²) in [7, 11) is 0. The maximum Gasteiger partial charge on any atom is 0.217 e. The molecule has 0 fully saturated rings. The summed E-state index contributed by atoms with van der Waals surface area (Å²) in [5, 5.41) is 11.1. The van der Waals surface area contributed by atoms with Crippen LogP contribution in [0.2, 0.25) is 0 Å². The zero-order valence-electron chi connectivity index (χ0n) is 9.53. The molecule has 1 aromatic carbocycles. The van der Waals surface area contributed by atoms with Gasteiger partial charge in [0, 0.05) is 19.0 Å². The summed E-state index contributed by atoms with van der Waals surface area (Å²) in [6.07, 6.45) is 3.52. The van der Waals surface area contributed by atoms with E-state index in [4.69, 9.17) is 5.26 Å². The number of carbonyl (C=O) groups is 1. The Hall–Kier alpha value is -2.15. The molecule has 0 radical (unpaired) electrons. The number of nitriles is 1. The lowest BCUT2D eigenvalue weighted by molar-refractivity contribution is -0.118. The third kappa shape index (κ3) is 4.47. The third-order valence-electron chi connectivity index (χ3n) is 2.13. The standard InChI is InChI=1S/C13H13FN2O/c1-10(17)16-8-2-3-11-4-5-12(6-7-15)13(14)9-11/h2-5,9H,6,8H2,1H3,(H,16,17). The van der Waals surface area contributed by atoms with Crippen LogP contribution in [-0.2, 0) is 11.2 Å². The Morgan fingerprint density at radius 3 is 2.94 bits per heavy atom. The first kappa shape index (κ1) is 12.9. The molecule has 17 heavy (non-hydrogen) atoms. The van der Waals surface area contributed by atoms with Gasteiger partial charge in [-0.15, -0.1) is 0 Å². The van der Waals surface area contributed by atoms with Gasteiger partial charge in [0.2, 0.25) is 5.91 Å². The van der Waals surface area contributed by atoms with Crippen molar-refractivity contribution in [2.24, 2.45) is 0 Å². The first-order valence-corrected chi connectivity index (χ1v) is 5.20. The highest BCUT2D eigenvalue weighted by Gasteiger charge is 2.01. The van der Waals surface area contributed by atoms with Crippen LogP contribution in [0.15, 0.2) is 24.3 Å². The molecule has 0 heterocycles. The van der Waals surface area contributed by atoms with E-state index >= 15 is 0 Å². The lowest BCUT2D eigenvalue weighted by Gasteiger charge is -2.00. The second kappa shape index (κ2) is 6.44. The van der Waals surface area contributed by atoms with E-state index in [9.17, 15) is 9.18 Å². The lowest BCUT2D eigenvalue weighted by atomic mass is 10.1. The first-order chi connectivity index (χ1) is 8.13. The fraction of sp³-hybridized carbons (Fsp3) is 0.231. The van der Waals surface area contributed by atoms with Crippen molar-refractivity contribution in [3.05, 3.63) is 41.2 Å². The minimum Gasteiger partial charge on any atom is -0.353 e. The molecular weight excluding hydrogens is 219 g/mol. The maximum absolute atomic E-state index is 13.4. The fourth-order valence-electron chi connectivity index (χ4n) is 1.29. The zero-order chi connectivity index (χ0) is 12.7. The van der Waals surface area contributed by atoms with Crippen LogP contribution < -0.4 is 5.32 Å². The largest absolute Gasteiger partial charge is 0.353 e. The van der Waals surface area contributed by atoms with Crippen LogP contribution in [0.4, 0.5) is 4.39 Å². The zero-order valence-corrected chi connectivity index (χ0v) is 9.53. The van der Waals surface area contributed by atoms with Gasteiger partial charge in [-0.2, -0.15) is 5.26 Å². The molecule has 0 aliphatic heterocycles. The van der Waals surface area contributed by atoms with Gasteiger partial charge in [-0.05, 0) is 11.6 Å². The summed E-state index contributed by atoms with van der Waals surface area (Å²) in [5.41, 5.74) is 1.10. The van der Waals surface area contributed by atoms with Crippen LogP contribution in [-0.4, -0.2) is 12.5 Å². The van der Waals surface area contributed by atoms with Crippen LogP contribution in [0.3, 0.4) is 0 Å². The monoisotopic (exact) mass is 232 g/mol. The summed E-state index contributed by atoms with van der Waals surface area (Å²) in [6.45, 7) is 1.85. The van der Waals surface area contributed by atoms with Crippen LogP contribution in [0.5, 0.6) is 0 Å². The average Bonchev–Trinajstić information content (AvgIpc) is 2.28. The van der Waals surface area contributed by atoms with Crippen molar-refractivity contribution < 1.29 is 9.18 Å². The molecule has 0 atom stereocenters. The fourth-order valence-corrected chi connectivity index (χ4v) is 1.29. The number of rotatable bonds is 4. The quantitative estimate of drug-likeness (QED) is 0.863. The van der Waals surface area contributed by atoms with Gasteiger partial charge in [0.15, 0.2) is 0 Å². The Kier molecular flexibility index (Phi) is 4.89. The van der Waals surface area contributed by atoms with E-state index in [0.29, 0.717) is 17.7 Å². The Labute approximate surface area is 99.6 Å². The Bertz CT molecular complexity index is 475. The molecular formula is C13H13FN2O. The summed E-state index contributed by atoms with van der Waals surface area (Å²) < 4.78 is 13.4. The molecule has 0 spiro atoms. The van der Waals surface area contributed by atoms with Gasteiger partial charge >= 0.3 is 0 Å². The van der Waals surface area contributed by atoms with Crippen LogP contribution in [0, 0.1) is 17.1 Å². The summed E-state index contributed by atoms with van der Waals surface area (Å²) in [4.78, 5) is 10.6. The van der Waals surface area contributed by atoms with Crippen molar-refractivity contribution in [2.75, 3.05) is 6.54 Å². The molecule has 0 aliphatic rings. The van der Waals surface area contributed by atoms with Crippen LogP contribution >= 0.6 is 0 Å². The van der Waals surface area contributed by atoms with E-state index in [1.165, 1.54) is 13.0 Å². The summed E-state index contributed by atoms with van der Waals surface area (Å²) in [6, 6.07) is 6.61. The van der Waals surface area contributed by atoms with Gasteiger partial charge in [-0.25, -0.2) is 4.39 Å². The average molecular weight is 232 g/mol. The highest BCUT2D eigenvalue weighted by atomic mass is 19.1. The van der Waals surface area contributed by atoms with Crippen molar-refractivity contribution in [1.29, 1.82) is 5.26 Å². The smallest absolute Gasteiger partial charge is 0.217 e. The van der Waals surface area contributed by atoms with E-state index < -0.39 is 0 Å². The van der Waals surface area contributed by atoms with E-state index in [2.05, 4.69) is 5.32 Å². The molecule has 1 N–H and O–H groups in total.